The van der Waals surface area contributed by atoms with E-state index in [2.05, 4.69) is 29.8 Å². The molecular formula is C16H26BrNO2. The molecule has 2 N–H and O–H groups in total. The van der Waals surface area contributed by atoms with E-state index in [4.69, 9.17) is 15.2 Å². The fourth-order valence-corrected chi connectivity index (χ4v) is 3.36. The zero-order valence-electron chi connectivity index (χ0n) is 12.9. The summed E-state index contributed by atoms with van der Waals surface area (Å²) < 4.78 is 11.7. The van der Waals surface area contributed by atoms with E-state index in [9.17, 15) is 0 Å². The van der Waals surface area contributed by atoms with Crippen molar-refractivity contribution >= 4 is 15.9 Å². The first kappa shape index (κ1) is 17.3. The molecule has 0 aliphatic rings. The average molecular weight is 344 g/mol. The fourth-order valence-electron chi connectivity index (χ4n) is 2.68. The molecule has 0 heterocycles. The van der Waals surface area contributed by atoms with E-state index in [-0.39, 0.29) is 6.04 Å². The summed E-state index contributed by atoms with van der Waals surface area (Å²) in [7, 11) is 3.32. The third-order valence-corrected chi connectivity index (χ3v) is 4.45. The van der Waals surface area contributed by atoms with Crippen LogP contribution in [-0.4, -0.2) is 14.2 Å². The van der Waals surface area contributed by atoms with Gasteiger partial charge in [0, 0.05) is 11.6 Å². The van der Waals surface area contributed by atoms with Crippen molar-refractivity contribution in [1.29, 1.82) is 0 Å². The van der Waals surface area contributed by atoms with Crippen molar-refractivity contribution in [1.82, 2.24) is 0 Å². The van der Waals surface area contributed by atoms with Crippen LogP contribution in [0.3, 0.4) is 0 Å². The van der Waals surface area contributed by atoms with Crippen LogP contribution in [0.25, 0.3) is 0 Å². The summed E-state index contributed by atoms with van der Waals surface area (Å²) >= 11 is 3.54. The van der Waals surface area contributed by atoms with Crippen LogP contribution >= 0.6 is 15.9 Å². The van der Waals surface area contributed by atoms with Gasteiger partial charge in [-0.2, -0.15) is 0 Å². The molecule has 0 aromatic heterocycles. The number of halogens is 1. The van der Waals surface area contributed by atoms with Crippen molar-refractivity contribution in [2.45, 2.75) is 45.6 Å². The molecule has 0 aliphatic carbocycles. The summed E-state index contributed by atoms with van der Waals surface area (Å²) in [6.45, 7) is 4.41. The number of benzene rings is 1. The number of methoxy groups -OCH3 is 2. The van der Waals surface area contributed by atoms with Gasteiger partial charge in [0.25, 0.3) is 0 Å². The molecule has 0 bridgehead atoms. The maximum Gasteiger partial charge on any atom is 0.141 e. The Bertz CT molecular complexity index is 417. The summed E-state index contributed by atoms with van der Waals surface area (Å²) in [6.07, 6.45) is 4.58. The Hall–Kier alpha value is -0.740. The predicted octanol–water partition coefficient (Wildman–Crippen LogP) is 4.68. The van der Waals surface area contributed by atoms with Crippen LogP contribution < -0.4 is 15.2 Å². The van der Waals surface area contributed by atoms with Crippen molar-refractivity contribution in [2.75, 3.05) is 14.2 Å². The summed E-state index contributed by atoms with van der Waals surface area (Å²) in [6, 6.07) is 3.95. The molecule has 0 fully saturated rings. The largest absolute Gasteiger partial charge is 0.495 e. The zero-order valence-corrected chi connectivity index (χ0v) is 14.5. The normalized spacial score (nSPS) is 12.6. The molecule has 0 saturated carbocycles. The Labute approximate surface area is 131 Å². The van der Waals surface area contributed by atoms with E-state index in [1.807, 2.05) is 12.1 Å². The van der Waals surface area contributed by atoms with Crippen molar-refractivity contribution < 1.29 is 9.47 Å². The molecule has 1 atom stereocenters. The van der Waals surface area contributed by atoms with E-state index in [0.29, 0.717) is 5.92 Å². The first-order valence-corrected chi connectivity index (χ1v) is 8.05. The van der Waals surface area contributed by atoms with E-state index < -0.39 is 0 Å². The highest BCUT2D eigenvalue weighted by molar-refractivity contribution is 9.10. The molecular weight excluding hydrogens is 318 g/mol. The molecule has 3 nitrogen and oxygen atoms in total. The van der Waals surface area contributed by atoms with Crippen LogP contribution in [0.2, 0.25) is 0 Å². The van der Waals surface area contributed by atoms with Crippen LogP contribution in [0.15, 0.2) is 16.6 Å². The standard InChI is InChI=1S/C16H26BrNO2/c1-5-7-11(8-6-2)15(18)12-9-10-13(19-3)14(17)16(12)20-4/h9-11,15H,5-8,18H2,1-4H3. The molecule has 1 rings (SSSR count). The number of nitrogens with two attached hydrogens (primary N) is 1. The number of rotatable bonds is 8. The lowest BCUT2D eigenvalue weighted by Crippen LogP contribution is -2.22. The van der Waals surface area contributed by atoms with Crippen molar-refractivity contribution in [3.8, 4) is 11.5 Å². The highest BCUT2D eigenvalue weighted by Crippen LogP contribution is 2.41. The summed E-state index contributed by atoms with van der Waals surface area (Å²) in [4.78, 5) is 0. The first-order chi connectivity index (χ1) is 9.60. The van der Waals surface area contributed by atoms with E-state index in [1.165, 1.54) is 0 Å². The Morgan fingerprint density at radius 2 is 1.70 bits per heavy atom. The van der Waals surface area contributed by atoms with Crippen molar-refractivity contribution in [3.63, 3.8) is 0 Å². The van der Waals surface area contributed by atoms with Gasteiger partial charge in [-0.05, 0) is 46.8 Å². The van der Waals surface area contributed by atoms with Crippen LogP contribution in [-0.2, 0) is 0 Å². The van der Waals surface area contributed by atoms with Crippen molar-refractivity contribution in [2.24, 2.45) is 11.7 Å². The second-order valence-corrected chi connectivity index (χ2v) is 5.86. The smallest absolute Gasteiger partial charge is 0.141 e. The fraction of sp³-hybridized carbons (Fsp3) is 0.625. The van der Waals surface area contributed by atoms with Gasteiger partial charge in [0.2, 0.25) is 0 Å². The second kappa shape index (κ2) is 8.53. The Kier molecular flexibility index (Phi) is 7.38. The van der Waals surface area contributed by atoms with Gasteiger partial charge in [-0.15, -0.1) is 0 Å². The highest BCUT2D eigenvalue weighted by atomic mass is 79.9. The average Bonchev–Trinajstić information content (AvgIpc) is 2.46. The molecule has 0 amide bonds. The highest BCUT2D eigenvalue weighted by Gasteiger charge is 2.23. The lowest BCUT2D eigenvalue weighted by atomic mass is 9.86. The van der Waals surface area contributed by atoms with Gasteiger partial charge in [0.05, 0.1) is 14.2 Å². The molecule has 0 radical (unpaired) electrons. The Balaban J connectivity index is 3.13. The SMILES string of the molecule is CCCC(CCC)C(N)c1ccc(OC)c(Br)c1OC. The van der Waals surface area contributed by atoms with Crippen LogP contribution in [0.1, 0.15) is 51.1 Å². The first-order valence-electron chi connectivity index (χ1n) is 7.26. The van der Waals surface area contributed by atoms with Crippen LogP contribution in [0, 0.1) is 5.92 Å². The monoisotopic (exact) mass is 343 g/mol. The minimum absolute atomic E-state index is 0.00736. The van der Waals surface area contributed by atoms with Gasteiger partial charge in [0.15, 0.2) is 0 Å². The zero-order chi connectivity index (χ0) is 15.1. The molecule has 1 aromatic rings. The summed E-state index contributed by atoms with van der Waals surface area (Å²) in [5, 5.41) is 0. The molecule has 1 aromatic carbocycles. The molecule has 114 valence electrons. The third-order valence-electron chi connectivity index (χ3n) is 3.70. The van der Waals surface area contributed by atoms with Crippen molar-refractivity contribution in [3.05, 3.63) is 22.2 Å². The lowest BCUT2D eigenvalue weighted by molar-refractivity contribution is 0.345. The second-order valence-electron chi connectivity index (χ2n) is 5.07. The molecule has 4 heteroatoms. The van der Waals surface area contributed by atoms with E-state index in [1.54, 1.807) is 14.2 Å². The maximum absolute atomic E-state index is 6.51. The maximum atomic E-state index is 6.51. The van der Waals surface area contributed by atoms with Gasteiger partial charge >= 0.3 is 0 Å². The molecule has 0 aliphatic heterocycles. The summed E-state index contributed by atoms with van der Waals surface area (Å²) in [5.74, 6) is 2.04. The quantitative estimate of drug-likeness (QED) is 0.744. The number of ether oxygens (including phenoxy) is 2. The topological polar surface area (TPSA) is 44.5 Å². The van der Waals surface area contributed by atoms with E-state index in [0.717, 1.165) is 47.2 Å². The third kappa shape index (κ3) is 3.89. The van der Waals surface area contributed by atoms with Gasteiger partial charge in [0.1, 0.15) is 16.0 Å². The number of hydrogen-bond acceptors (Lipinski definition) is 3. The Morgan fingerprint density at radius 3 is 2.15 bits per heavy atom. The minimum atomic E-state index is -0.00736. The minimum Gasteiger partial charge on any atom is -0.495 e. The van der Waals surface area contributed by atoms with Gasteiger partial charge in [-0.1, -0.05) is 26.7 Å². The molecule has 1 unspecified atom stereocenters. The van der Waals surface area contributed by atoms with Crippen LogP contribution in [0.4, 0.5) is 0 Å². The van der Waals surface area contributed by atoms with Gasteiger partial charge < -0.3 is 15.2 Å². The van der Waals surface area contributed by atoms with Crippen LogP contribution in [0.5, 0.6) is 11.5 Å². The summed E-state index contributed by atoms with van der Waals surface area (Å²) in [5.41, 5.74) is 7.55. The molecule has 0 saturated heterocycles. The van der Waals surface area contributed by atoms with Gasteiger partial charge in [-0.25, -0.2) is 0 Å². The number of hydrogen-bond donors (Lipinski definition) is 1. The Morgan fingerprint density at radius 1 is 1.10 bits per heavy atom. The van der Waals surface area contributed by atoms with E-state index >= 15 is 0 Å². The lowest BCUT2D eigenvalue weighted by Gasteiger charge is -2.26. The predicted molar refractivity (Wildman–Crippen MR) is 87.5 cm³/mol. The molecule has 20 heavy (non-hydrogen) atoms. The molecule has 0 spiro atoms. The van der Waals surface area contributed by atoms with Gasteiger partial charge in [-0.3, -0.25) is 0 Å².